The molecule has 0 saturated heterocycles. The van der Waals surface area contributed by atoms with Crippen molar-refractivity contribution in [3.05, 3.63) is 66.4 Å². The first kappa shape index (κ1) is 22.1. The second-order valence-corrected chi connectivity index (χ2v) is 10.2. The van der Waals surface area contributed by atoms with Gasteiger partial charge in [0.2, 0.25) is 5.91 Å². The van der Waals surface area contributed by atoms with E-state index in [1.54, 1.807) is 31.4 Å². The molecular formula is C25H27NO5S. The first-order valence-electron chi connectivity index (χ1n) is 10.8. The third-order valence-electron chi connectivity index (χ3n) is 5.84. The van der Waals surface area contributed by atoms with E-state index in [2.05, 4.69) is 5.32 Å². The molecule has 7 heteroatoms. The SMILES string of the molecule is COc1ccc(-c2ccc(CCC(=O)Nc3ccc(S(=O)(=O)C4CCCC4)cc3)o2)cc1. The number of nitrogens with one attached hydrogen (secondary N) is 1. The van der Waals surface area contributed by atoms with Crippen molar-refractivity contribution in [2.75, 3.05) is 12.4 Å². The van der Waals surface area contributed by atoms with Gasteiger partial charge < -0.3 is 14.5 Å². The number of carbonyl (C=O) groups is 1. The Balaban J connectivity index is 1.31. The average molecular weight is 454 g/mol. The third-order valence-corrected chi connectivity index (χ3v) is 8.12. The number of amides is 1. The van der Waals surface area contributed by atoms with Crippen LogP contribution in [0, 0.1) is 0 Å². The molecule has 1 aliphatic rings. The Hall–Kier alpha value is -3.06. The lowest BCUT2D eigenvalue weighted by Gasteiger charge is -2.12. The van der Waals surface area contributed by atoms with Crippen LogP contribution in [0.15, 0.2) is 70.0 Å². The van der Waals surface area contributed by atoms with Gasteiger partial charge in [-0.15, -0.1) is 0 Å². The summed E-state index contributed by atoms with van der Waals surface area (Å²) in [6.45, 7) is 0. The van der Waals surface area contributed by atoms with E-state index in [0.717, 1.165) is 48.5 Å². The molecule has 1 amide bonds. The first-order chi connectivity index (χ1) is 15.5. The van der Waals surface area contributed by atoms with Gasteiger partial charge in [-0.25, -0.2) is 8.42 Å². The van der Waals surface area contributed by atoms with Gasteiger partial charge in [-0.1, -0.05) is 12.8 Å². The Morgan fingerprint density at radius 3 is 2.34 bits per heavy atom. The molecule has 3 aromatic rings. The highest BCUT2D eigenvalue weighted by Crippen LogP contribution is 2.30. The summed E-state index contributed by atoms with van der Waals surface area (Å²) in [6, 6.07) is 17.8. The fourth-order valence-electron chi connectivity index (χ4n) is 4.00. The Morgan fingerprint density at radius 1 is 1.00 bits per heavy atom. The van der Waals surface area contributed by atoms with E-state index in [-0.39, 0.29) is 17.6 Å². The topological polar surface area (TPSA) is 85.6 Å². The zero-order chi connectivity index (χ0) is 22.6. The Bertz CT molecular complexity index is 1160. The molecule has 1 N–H and O–H groups in total. The number of furan rings is 1. The van der Waals surface area contributed by atoms with E-state index in [9.17, 15) is 13.2 Å². The van der Waals surface area contributed by atoms with Gasteiger partial charge in [-0.2, -0.15) is 0 Å². The number of benzene rings is 2. The lowest BCUT2D eigenvalue weighted by Crippen LogP contribution is -2.18. The second-order valence-electron chi connectivity index (χ2n) is 8.02. The molecule has 0 bridgehead atoms. The molecule has 1 heterocycles. The molecule has 4 rings (SSSR count). The molecule has 1 saturated carbocycles. The molecule has 1 fully saturated rings. The minimum absolute atomic E-state index is 0.154. The minimum atomic E-state index is -3.29. The number of anilines is 1. The summed E-state index contributed by atoms with van der Waals surface area (Å²) in [5, 5.41) is 2.54. The van der Waals surface area contributed by atoms with Crippen LogP contribution in [0.5, 0.6) is 5.75 Å². The van der Waals surface area contributed by atoms with E-state index < -0.39 is 9.84 Å². The molecule has 1 aliphatic carbocycles. The third kappa shape index (κ3) is 5.05. The van der Waals surface area contributed by atoms with Crippen LogP contribution in [-0.4, -0.2) is 26.7 Å². The fraction of sp³-hybridized carbons (Fsp3) is 0.320. The second kappa shape index (κ2) is 9.61. The quantitative estimate of drug-likeness (QED) is 0.504. The summed E-state index contributed by atoms with van der Waals surface area (Å²) in [5.41, 5.74) is 1.52. The van der Waals surface area contributed by atoms with Crippen molar-refractivity contribution >= 4 is 21.4 Å². The first-order valence-corrected chi connectivity index (χ1v) is 12.4. The number of hydrogen-bond acceptors (Lipinski definition) is 5. The number of rotatable bonds is 8. The van der Waals surface area contributed by atoms with Gasteiger partial charge in [0.1, 0.15) is 17.3 Å². The van der Waals surface area contributed by atoms with E-state index in [4.69, 9.17) is 9.15 Å². The molecular weight excluding hydrogens is 426 g/mol. The van der Waals surface area contributed by atoms with Crippen molar-refractivity contribution in [3.63, 3.8) is 0 Å². The average Bonchev–Trinajstić information content (AvgIpc) is 3.51. The van der Waals surface area contributed by atoms with Crippen molar-refractivity contribution in [3.8, 4) is 17.1 Å². The maximum Gasteiger partial charge on any atom is 0.224 e. The number of aryl methyl sites for hydroxylation is 1. The van der Waals surface area contributed by atoms with Gasteiger partial charge in [-0.05, 0) is 73.5 Å². The van der Waals surface area contributed by atoms with Crippen LogP contribution in [0.2, 0.25) is 0 Å². The summed E-state index contributed by atoms with van der Waals surface area (Å²) in [7, 11) is -1.66. The summed E-state index contributed by atoms with van der Waals surface area (Å²) < 4.78 is 36.3. The number of methoxy groups -OCH3 is 1. The molecule has 1 aromatic heterocycles. The Morgan fingerprint density at radius 2 is 1.69 bits per heavy atom. The van der Waals surface area contributed by atoms with Crippen LogP contribution in [0.3, 0.4) is 0 Å². The van der Waals surface area contributed by atoms with Gasteiger partial charge in [-0.3, -0.25) is 4.79 Å². The number of sulfone groups is 1. The van der Waals surface area contributed by atoms with Gasteiger partial charge in [0.05, 0.1) is 17.3 Å². The van der Waals surface area contributed by atoms with Gasteiger partial charge in [0.15, 0.2) is 9.84 Å². The monoisotopic (exact) mass is 453 g/mol. The zero-order valence-electron chi connectivity index (χ0n) is 18.0. The van der Waals surface area contributed by atoms with Crippen molar-refractivity contribution in [2.24, 2.45) is 0 Å². The maximum atomic E-state index is 12.7. The van der Waals surface area contributed by atoms with E-state index in [0.29, 0.717) is 17.0 Å². The minimum Gasteiger partial charge on any atom is -0.497 e. The molecule has 2 aromatic carbocycles. The zero-order valence-corrected chi connectivity index (χ0v) is 18.9. The van der Waals surface area contributed by atoms with Crippen LogP contribution in [0.4, 0.5) is 5.69 Å². The van der Waals surface area contributed by atoms with Crippen molar-refractivity contribution in [1.82, 2.24) is 0 Å². The number of ether oxygens (including phenoxy) is 1. The molecule has 6 nitrogen and oxygen atoms in total. The van der Waals surface area contributed by atoms with Gasteiger partial charge in [0, 0.05) is 24.1 Å². The molecule has 0 spiro atoms. The largest absolute Gasteiger partial charge is 0.497 e. The van der Waals surface area contributed by atoms with Crippen molar-refractivity contribution < 1.29 is 22.4 Å². The lowest BCUT2D eigenvalue weighted by molar-refractivity contribution is -0.116. The van der Waals surface area contributed by atoms with Gasteiger partial charge >= 0.3 is 0 Å². The molecule has 0 unspecified atom stereocenters. The van der Waals surface area contributed by atoms with Crippen molar-refractivity contribution in [2.45, 2.75) is 48.7 Å². The molecule has 0 atom stereocenters. The van der Waals surface area contributed by atoms with Gasteiger partial charge in [0.25, 0.3) is 0 Å². The van der Waals surface area contributed by atoms with E-state index >= 15 is 0 Å². The normalized spacial score (nSPS) is 14.4. The van der Waals surface area contributed by atoms with Crippen LogP contribution in [0.1, 0.15) is 37.9 Å². The van der Waals surface area contributed by atoms with Crippen molar-refractivity contribution in [1.29, 1.82) is 0 Å². The summed E-state index contributed by atoms with van der Waals surface area (Å²) >= 11 is 0. The lowest BCUT2D eigenvalue weighted by atomic mass is 10.2. The highest BCUT2D eigenvalue weighted by Gasteiger charge is 2.30. The van der Waals surface area contributed by atoms with Crippen LogP contribution in [0.25, 0.3) is 11.3 Å². The summed E-state index contributed by atoms with van der Waals surface area (Å²) in [6.07, 6.45) is 4.12. The predicted octanol–water partition coefficient (Wildman–Crippen LogP) is 5.24. The van der Waals surface area contributed by atoms with Crippen LogP contribution in [-0.2, 0) is 21.1 Å². The van der Waals surface area contributed by atoms with E-state index in [1.165, 1.54) is 0 Å². The molecule has 32 heavy (non-hydrogen) atoms. The Kier molecular flexibility index (Phi) is 6.65. The number of hydrogen-bond donors (Lipinski definition) is 1. The Labute approximate surface area is 188 Å². The molecule has 0 radical (unpaired) electrons. The standard InChI is InChI=1S/C25H27NO5S/c1-30-20-10-6-18(7-11-20)24-16-12-21(31-24)13-17-25(27)26-19-8-14-23(15-9-19)32(28,29)22-4-2-3-5-22/h6-12,14-16,22H,2-5,13,17H2,1H3,(H,26,27). The molecule has 0 aliphatic heterocycles. The maximum absolute atomic E-state index is 12.7. The highest BCUT2D eigenvalue weighted by molar-refractivity contribution is 7.92. The van der Waals surface area contributed by atoms with E-state index in [1.807, 2.05) is 36.4 Å². The summed E-state index contributed by atoms with van der Waals surface area (Å²) in [4.78, 5) is 12.7. The van der Waals surface area contributed by atoms with Crippen LogP contribution >= 0.6 is 0 Å². The smallest absolute Gasteiger partial charge is 0.224 e. The highest BCUT2D eigenvalue weighted by atomic mass is 32.2. The molecule has 168 valence electrons. The number of carbonyl (C=O) groups excluding carboxylic acids is 1. The predicted molar refractivity (Wildman–Crippen MR) is 124 cm³/mol. The summed E-state index contributed by atoms with van der Waals surface area (Å²) in [5.74, 6) is 2.09. The fourth-order valence-corrected chi connectivity index (χ4v) is 5.86. The van der Waals surface area contributed by atoms with Crippen LogP contribution < -0.4 is 10.1 Å².